The Bertz CT molecular complexity index is 4500. The summed E-state index contributed by atoms with van der Waals surface area (Å²) >= 11 is 0. The van der Waals surface area contributed by atoms with E-state index in [1.54, 1.807) is 0 Å². The smallest absolute Gasteiger partial charge is 0.0468 e. The van der Waals surface area contributed by atoms with Crippen molar-refractivity contribution >= 4 is 66.4 Å². The quantitative estimate of drug-likeness (QED) is 0.133. The van der Waals surface area contributed by atoms with E-state index in [9.17, 15) is 0 Å². The van der Waals surface area contributed by atoms with Crippen LogP contribution in [0.3, 0.4) is 0 Å². The number of anilines is 6. The van der Waals surface area contributed by atoms with Crippen molar-refractivity contribution in [3.63, 3.8) is 0 Å². The molecule has 0 heterocycles. The van der Waals surface area contributed by atoms with Gasteiger partial charge in [-0.05, 0) is 183 Å². The summed E-state index contributed by atoms with van der Waals surface area (Å²) in [6.07, 6.45) is 0. The highest BCUT2D eigenvalue weighted by atomic mass is 15.1. The third-order valence-electron chi connectivity index (χ3n) is 17.6. The summed E-state index contributed by atoms with van der Waals surface area (Å²) in [4.78, 5) is 4.83. The maximum atomic E-state index is 2.44. The number of nitrogens with zero attached hydrogens (tertiary/aromatic N) is 2. The molecule has 0 spiro atoms. The van der Waals surface area contributed by atoms with Gasteiger partial charge >= 0.3 is 0 Å². The maximum Gasteiger partial charge on any atom is 0.0468 e. The average Bonchev–Trinajstić information content (AvgIpc) is 3.98. The number of hydrogen-bond donors (Lipinski definition) is 0. The third-order valence-corrected chi connectivity index (χ3v) is 17.6. The molecule has 15 rings (SSSR count). The summed E-state index contributed by atoms with van der Waals surface area (Å²) < 4.78 is 0. The first-order valence-corrected chi connectivity index (χ1v) is 28.1. The fraction of sp³-hybridized carbons (Fsp3) is 0.0769. The van der Waals surface area contributed by atoms with Crippen molar-refractivity contribution in [1.29, 1.82) is 0 Å². The Morgan fingerprint density at radius 2 is 0.575 bits per heavy atom. The van der Waals surface area contributed by atoms with Gasteiger partial charge in [0, 0.05) is 45.0 Å². The molecule has 2 heteroatoms. The Labute approximate surface area is 469 Å². The zero-order valence-corrected chi connectivity index (χ0v) is 45.5. The van der Waals surface area contributed by atoms with E-state index in [1.165, 1.54) is 99.1 Å². The largest absolute Gasteiger partial charge is 0.310 e. The molecule has 0 fully saturated rings. The molecule has 13 aromatic rings. The monoisotopic (exact) mass is 1020 g/mol. The van der Waals surface area contributed by atoms with Gasteiger partial charge in [-0.15, -0.1) is 0 Å². The first kappa shape index (κ1) is 47.5. The van der Waals surface area contributed by atoms with Crippen molar-refractivity contribution in [2.24, 2.45) is 0 Å². The molecule has 0 aliphatic heterocycles. The molecule has 0 bridgehead atoms. The normalized spacial score (nSPS) is 13.4. The van der Waals surface area contributed by atoms with Gasteiger partial charge in [0.1, 0.15) is 0 Å². The molecule has 380 valence electrons. The van der Waals surface area contributed by atoms with Crippen molar-refractivity contribution in [3.05, 3.63) is 301 Å². The second-order valence-electron chi connectivity index (χ2n) is 22.8. The van der Waals surface area contributed by atoms with Crippen molar-refractivity contribution in [1.82, 2.24) is 0 Å². The first-order valence-electron chi connectivity index (χ1n) is 28.1. The summed E-state index contributed by atoms with van der Waals surface area (Å²) in [6.45, 7) is 9.55. The van der Waals surface area contributed by atoms with E-state index in [0.29, 0.717) is 0 Å². The van der Waals surface area contributed by atoms with Crippen LogP contribution in [0.1, 0.15) is 49.9 Å². The Balaban J connectivity index is 0.808. The van der Waals surface area contributed by atoms with Gasteiger partial charge in [-0.2, -0.15) is 0 Å². The molecule has 0 atom stereocenters. The van der Waals surface area contributed by atoms with Crippen molar-refractivity contribution < 1.29 is 0 Å². The van der Waals surface area contributed by atoms with Gasteiger partial charge in [0.2, 0.25) is 0 Å². The van der Waals surface area contributed by atoms with E-state index in [1.807, 2.05) is 0 Å². The molecule has 0 saturated carbocycles. The molecular formula is C78H58N2. The van der Waals surface area contributed by atoms with E-state index < -0.39 is 0 Å². The molecule has 0 aromatic heterocycles. The second-order valence-corrected chi connectivity index (χ2v) is 22.8. The number of fused-ring (bicyclic) bond motifs is 13. The van der Waals surface area contributed by atoms with Gasteiger partial charge < -0.3 is 9.80 Å². The van der Waals surface area contributed by atoms with Crippen LogP contribution in [-0.2, 0) is 10.8 Å². The fourth-order valence-electron chi connectivity index (χ4n) is 13.6. The lowest BCUT2D eigenvalue weighted by Crippen LogP contribution is -2.16. The topological polar surface area (TPSA) is 6.48 Å². The van der Waals surface area contributed by atoms with Crippen LogP contribution in [-0.4, -0.2) is 0 Å². The zero-order chi connectivity index (χ0) is 53.7. The highest BCUT2D eigenvalue weighted by molar-refractivity contribution is 6.27. The minimum atomic E-state index is -0.220. The molecule has 0 radical (unpaired) electrons. The Morgan fingerprint density at radius 1 is 0.225 bits per heavy atom. The molecule has 0 N–H and O–H groups in total. The van der Waals surface area contributed by atoms with E-state index in [-0.39, 0.29) is 10.8 Å². The lowest BCUT2D eigenvalue weighted by Gasteiger charge is -2.28. The Kier molecular flexibility index (Phi) is 10.9. The number of rotatable bonds is 9. The fourth-order valence-corrected chi connectivity index (χ4v) is 13.6. The summed E-state index contributed by atoms with van der Waals surface area (Å²) in [5.41, 5.74) is 24.2. The van der Waals surface area contributed by atoms with Crippen LogP contribution in [0.4, 0.5) is 34.1 Å². The van der Waals surface area contributed by atoms with Gasteiger partial charge in [0.15, 0.2) is 0 Å². The summed E-state index contributed by atoms with van der Waals surface area (Å²) in [6, 6.07) is 103. The maximum absolute atomic E-state index is 2.44. The lowest BCUT2D eigenvalue weighted by atomic mass is 9.78. The van der Waals surface area contributed by atoms with E-state index in [4.69, 9.17) is 0 Å². The molecule has 2 nitrogen and oxygen atoms in total. The van der Waals surface area contributed by atoms with Gasteiger partial charge in [-0.1, -0.05) is 234 Å². The van der Waals surface area contributed by atoms with Crippen LogP contribution in [0.25, 0.3) is 88.0 Å². The van der Waals surface area contributed by atoms with Gasteiger partial charge in [0.05, 0.1) is 0 Å². The third kappa shape index (κ3) is 7.54. The zero-order valence-electron chi connectivity index (χ0n) is 45.5. The highest BCUT2D eigenvalue weighted by Gasteiger charge is 2.39. The predicted molar refractivity (Wildman–Crippen MR) is 340 cm³/mol. The molecule has 2 aliphatic rings. The van der Waals surface area contributed by atoms with Crippen LogP contribution in [0.15, 0.2) is 279 Å². The number of hydrogen-bond acceptors (Lipinski definition) is 2. The van der Waals surface area contributed by atoms with Crippen LogP contribution >= 0.6 is 0 Å². The Hall–Kier alpha value is -9.76. The van der Waals surface area contributed by atoms with Crippen LogP contribution in [0.5, 0.6) is 0 Å². The van der Waals surface area contributed by atoms with Crippen molar-refractivity contribution in [3.8, 4) is 55.6 Å². The van der Waals surface area contributed by atoms with Gasteiger partial charge in [-0.25, -0.2) is 0 Å². The van der Waals surface area contributed by atoms with Crippen LogP contribution < -0.4 is 9.80 Å². The number of benzene rings is 13. The molecule has 2 aliphatic carbocycles. The predicted octanol–water partition coefficient (Wildman–Crippen LogP) is 21.7. The summed E-state index contributed by atoms with van der Waals surface area (Å²) in [7, 11) is 0. The van der Waals surface area contributed by atoms with E-state index in [2.05, 4.69) is 317 Å². The first-order chi connectivity index (χ1) is 39.2. The highest BCUT2D eigenvalue weighted by Crippen LogP contribution is 2.56. The van der Waals surface area contributed by atoms with Crippen molar-refractivity contribution in [2.45, 2.75) is 38.5 Å². The second kappa shape index (κ2) is 18.4. The molecule has 0 unspecified atom stereocenters. The lowest BCUT2D eigenvalue weighted by molar-refractivity contribution is 0.660. The van der Waals surface area contributed by atoms with Crippen molar-refractivity contribution in [2.75, 3.05) is 9.80 Å². The minimum absolute atomic E-state index is 0.119. The van der Waals surface area contributed by atoms with Gasteiger partial charge in [0.25, 0.3) is 0 Å². The van der Waals surface area contributed by atoms with Crippen LogP contribution in [0, 0.1) is 0 Å². The summed E-state index contributed by atoms with van der Waals surface area (Å²) in [5.74, 6) is 0. The SMILES string of the molecule is CC1(C)c2ccccc2-c2ccc(N(c3ccc(-c4ccccc4)cc3)c3ccc(-c4ccc(N(c5ccc(-c6ccccc6)cc5)c5ccc6c(c5)-c5ccc7c8ccccc8c8ccccc8c7c5C6(C)C)cc4)cc3)cc21. The average molecular weight is 1020 g/mol. The Morgan fingerprint density at radius 3 is 1.09 bits per heavy atom. The molecule has 80 heavy (non-hydrogen) atoms. The van der Waals surface area contributed by atoms with Crippen LogP contribution in [0.2, 0.25) is 0 Å². The minimum Gasteiger partial charge on any atom is -0.310 e. The molecule has 0 saturated heterocycles. The van der Waals surface area contributed by atoms with E-state index >= 15 is 0 Å². The van der Waals surface area contributed by atoms with E-state index in [0.717, 1.165) is 45.3 Å². The van der Waals surface area contributed by atoms with Gasteiger partial charge in [-0.3, -0.25) is 0 Å². The molecular weight excluding hydrogens is 965 g/mol. The standard InChI is InChI=1S/C78H58N2/c1-77(2)72-26-16-15-24-66(72)67-45-43-62(50-74(67)77)80(59-37-29-54(30-38-59)52-19-9-6-10-20-52)60-41-33-56(34-42-60)55-31-39-58(40-32-55)79(57-35-27-53(28-36-57)51-17-7-5-8-18-51)61-44-48-73-71(49-61)70-47-46-69-65-23-12-11-21-63(65)64-22-13-14-25-68(64)75(69)76(70)78(73,3)4/h5-50H,1-4H3. The molecule has 13 aromatic carbocycles. The summed E-state index contributed by atoms with van der Waals surface area (Å²) in [5, 5.41) is 7.90. The molecule has 0 amide bonds.